The van der Waals surface area contributed by atoms with Gasteiger partial charge in [0, 0.05) is 31.0 Å². The normalized spacial score (nSPS) is 20.7. The largest absolute Gasteiger partial charge is 0.420 e. The van der Waals surface area contributed by atoms with E-state index >= 15 is 0 Å². The van der Waals surface area contributed by atoms with Gasteiger partial charge in [0.05, 0.1) is 0 Å². The molecule has 4 rings (SSSR count). The molecule has 3 heterocycles. The van der Waals surface area contributed by atoms with Crippen molar-refractivity contribution in [1.82, 2.24) is 19.7 Å². The number of nitrogens with zero attached hydrogens (tertiary/aromatic N) is 4. The Kier molecular flexibility index (Phi) is 4.99. The van der Waals surface area contributed by atoms with Crippen LogP contribution in [0, 0.1) is 5.92 Å². The summed E-state index contributed by atoms with van der Waals surface area (Å²) >= 11 is 0. The minimum absolute atomic E-state index is 0.209. The van der Waals surface area contributed by atoms with Gasteiger partial charge in [0.25, 0.3) is 0 Å². The highest BCUT2D eigenvalue weighted by Crippen LogP contribution is 2.36. The number of nitrogens with one attached hydrogen (secondary N) is 1. The molecule has 2 aliphatic rings. The van der Waals surface area contributed by atoms with Crippen molar-refractivity contribution < 1.29 is 18.0 Å². The molecule has 1 aliphatic heterocycles. The molecule has 9 heteroatoms. The highest BCUT2D eigenvalue weighted by molar-refractivity contribution is 5.88. The van der Waals surface area contributed by atoms with Gasteiger partial charge >= 0.3 is 12.2 Å². The van der Waals surface area contributed by atoms with Gasteiger partial charge in [-0.2, -0.15) is 13.2 Å². The van der Waals surface area contributed by atoms with E-state index in [2.05, 4.69) is 15.4 Å². The van der Waals surface area contributed by atoms with Gasteiger partial charge in [-0.15, -0.1) is 5.10 Å². The number of aromatic nitrogens is 3. The third kappa shape index (κ3) is 3.70. The van der Waals surface area contributed by atoms with Crippen LogP contribution in [0.25, 0.3) is 5.82 Å². The van der Waals surface area contributed by atoms with Crippen LogP contribution in [0.4, 0.5) is 23.8 Å². The molecule has 150 valence electrons. The topological polar surface area (TPSA) is 63.1 Å². The van der Waals surface area contributed by atoms with Crippen LogP contribution in [-0.2, 0) is 6.18 Å². The Morgan fingerprint density at radius 3 is 2.68 bits per heavy atom. The summed E-state index contributed by atoms with van der Waals surface area (Å²) in [5, 5.41) is 6.82. The van der Waals surface area contributed by atoms with Crippen LogP contribution in [0.15, 0.2) is 30.6 Å². The second-order valence-corrected chi connectivity index (χ2v) is 7.40. The highest BCUT2D eigenvalue weighted by Gasteiger charge is 2.37. The maximum Gasteiger partial charge on any atom is 0.420 e. The summed E-state index contributed by atoms with van der Waals surface area (Å²) in [5.41, 5.74) is -0.878. The number of hydrogen-bond donors (Lipinski definition) is 1. The SMILES string of the molecule is O=C(Nc1ccn(-c2ncccc2C(F)(F)F)n1)N1CCCC1C1CCCC1. The van der Waals surface area contributed by atoms with E-state index in [0.29, 0.717) is 12.5 Å². The number of pyridine rings is 1. The number of alkyl halides is 3. The first-order valence-electron chi connectivity index (χ1n) is 9.59. The van der Waals surface area contributed by atoms with Crippen molar-refractivity contribution in [3.63, 3.8) is 0 Å². The molecule has 0 aromatic carbocycles. The van der Waals surface area contributed by atoms with Crippen LogP contribution in [-0.4, -0.2) is 38.3 Å². The smallest absolute Gasteiger partial charge is 0.321 e. The number of urea groups is 1. The molecule has 1 N–H and O–H groups in total. The molecule has 1 saturated carbocycles. The summed E-state index contributed by atoms with van der Waals surface area (Å²) < 4.78 is 40.6. The molecule has 2 fully saturated rings. The molecule has 0 radical (unpaired) electrons. The monoisotopic (exact) mass is 393 g/mol. The second-order valence-electron chi connectivity index (χ2n) is 7.40. The number of carbonyl (C=O) groups excluding carboxylic acids is 1. The van der Waals surface area contributed by atoms with Gasteiger partial charge in [-0.1, -0.05) is 12.8 Å². The summed E-state index contributed by atoms with van der Waals surface area (Å²) in [7, 11) is 0. The summed E-state index contributed by atoms with van der Waals surface area (Å²) in [6, 6.07) is 3.68. The van der Waals surface area contributed by atoms with Crippen molar-refractivity contribution in [3.8, 4) is 5.82 Å². The zero-order chi connectivity index (χ0) is 19.7. The molecule has 1 atom stereocenters. The minimum Gasteiger partial charge on any atom is -0.321 e. The van der Waals surface area contributed by atoms with Crippen molar-refractivity contribution in [2.75, 3.05) is 11.9 Å². The first kappa shape index (κ1) is 18.8. The lowest BCUT2D eigenvalue weighted by Crippen LogP contribution is -2.42. The molecule has 0 bridgehead atoms. The average molecular weight is 393 g/mol. The lowest BCUT2D eigenvalue weighted by atomic mass is 9.96. The Labute approximate surface area is 160 Å². The van der Waals surface area contributed by atoms with Crippen molar-refractivity contribution >= 4 is 11.8 Å². The van der Waals surface area contributed by atoms with Gasteiger partial charge in [0.1, 0.15) is 5.56 Å². The number of likely N-dealkylation sites (tertiary alicyclic amines) is 1. The van der Waals surface area contributed by atoms with E-state index in [4.69, 9.17) is 0 Å². The Bertz CT molecular complexity index is 844. The molecule has 28 heavy (non-hydrogen) atoms. The molecule has 2 aromatic rings. The van der Waals surface area contributed by atoms with Gasteiger partial charge in [-0.05, 0) is 43.7 Å². The highest BCUT2D eigenvalue weighted by atomic mass is 19.4. The van der Waals surface area contributed by atoms with E-state index in [1.807, 2.05) is 4.90 Å². The van der Waals surface area contributed by atoms with E-state index < -0.39 is 11.7 Å². The Hall–Kier alpha value is -2.58. The van der Waals surface area contributed by atoms with Gasteiger partial charge in [0.15, 0.2) is 11.6 Å². The predicted molar refractivity (Wildman–Crippen MR) is 97.1 cm³/mol. The Balaban J connectivity index is 1.49. The van der Waals surface area contributed by atoms with E-state index in [0.717, 1.165) is 36.4 Å². The van der Waals surface area contributed by atoms with Crippen molar-refractivity contribution in [3.05, 3.63) is 36.2 Å². The van der Waals surface area contributed by atoms with Gasteiger partial charge < -0.3 is 4.90 Å². The van der Waals surface area contributed by atoms with Crippen LogP contribution >= 0.6 is 0 Å². The van der Waals surface area contributed by atoms with E-state index in [1.165, 1.54) is 37.4 Å². The number of carbonyl (C=O) groups is 1. The van der Waals surface area contributed by atoms with Crippen LogP contribution in [0.2, 0.25) is 0 Å². The van der Waals surface area contributed by atoms with Crippen LogP contribution in [0.5, 0.6) is 0 Å². The lowest BCUT2D eigenvalue weighted by Gasteiger charge is -2.29. The molecule has 6 nitrogen and oxygen atoms in total. The molecular formula is C19H22F3N5O. The van der Waals surface area contributed by atoms with Crippen LogP contribution in [0.1, 0.15) is 44.1 Å². The van der Waals surface area contributed by atoms with Gasteiger partial charge in [0.2, 0.25) is 0 Å². The standard InChI is InChI=1S/C19H22F3N5O/c20-19(21,22)14-7-3-10-23-17(14)27-12-9-16(25-27)24-18(28)26-11-4-8-15(26)13-5-1-2-6-13/h3,7,9-10,12-13,15H,1-2,4-6,8,11H2,(H,24,25,28). The number of rotatable bonds is 3. The van der Waals surface area contributed by atoms with Gasteiger partial charge in [-0.3, -0.25) is 5.32 Å². The fourth-order valence-corrected chi connectivity index (χ4v) is 4.37. The summed E-state index contributed by atoms with van der Waals surface area (Å²) in [6.07, 6.45) is 4.84. The zero-order valence-electron chi connectivity index (χ0n) is 15.3. The lowest BCUT2D eigenvalue weighted by molar-refractivity contribution is -0.137. The first-order valence-corrected chi connectivity index (χ1v) is 9.59. The van der Waals surface area contributed by atoms with Crippen LogP contribution in [0.3, 0.4) is 0 Å². The molecule has 0 spiro atoms. The first-order chi connectivity index (χ1) is 13.4. The van der Waals surface area contributed by atoms with E-state index in [1.54, 1.807) is 0 Å². The Morgan fingerprint density at radius 2 is 1.93 bits per heavy atom. The van der Waals surface area contributed by atoms with Crippen molar-refractivity contribution in [1.29, 1.82) is 0 Å². The molecule has 1 saturated heterocycles. The molecule has 2 amide bonds. The van der Waals surface area contributed by atoms with Crippen molar-refractivity contribution in [2.45, 2.75) is 50.7 Å². The molecular weight excluding hydrogens is 371 g/mol. The maximum absolute atomic E-state index is 13.2. The predicted octanol–water partition coefficient (Wildman–Crippen LogP) is 4.47. The minimum atomic E-state index is -4.54. The fourth-order valence-electron chi connectivity index (χ4n) is 4.37. The number of amides is 2. The average Bonchev–Trinajstić information content (AvgIpc) is 3.41. The third-order valence-corrected chi connectivity index (χ3v) is 5.64. The second kappa shape index (κ2) is 7.44. The summed E-state index contributed by atoms with van der Waals surface area (Å²) in [6.45, 7) is 0.701. The van der Waals surface area contributed by atoms with Crippen molar-refractivity contribution in [2.24, 2.45) is 5.92 Å². The maximum atomic E-state index is 13.2. The number of hydrogen-bond acceptors (Lipinski definition) is 3. The molecule has 2 aromatic heterocycles. The third-order valence-electron chi connectivity index (χ3n) is 5.64. The number of anilines is 1. The summed E-state index contributed by atoms with van der Waals surface area (Å²) in [4.78, 5) is 18.4. The molecule has 1 aliphatic carbocycles. The molecule has 1 unspecified atom stereocenters. The van der Waals surface area contributed by atoms with Gasteiger partial charge in [-0.25, -0.2) is 14.5 Å². The van der Waals surface area contributed by atoms with E-state index in [-0.39, 0.29) is 23.7 Å². The summed E-state index contributed by atoms with van der Waals surface area (Å²) in [5.74, 6) is 0.440. The van der Waals surface area contributed by atoms with Crippen LogP contribution < -0.4 is 5.32 Å². The Morgan fingerprint density at radius 1 is 1.14 bits per heavy atom. The number of halogens is 3. The zero-order valence-corrected chi connectivity index (χ0v) is 15.3. The van der Waals surface area contributed by atoms with E-state index in [9.17, 15) is 18.0 Å². The fraction of sp³-hybridized carbons (Fsp3) is 0.526. The quantitative estimate of drug-likeness (QED) is 0.837.